The molecular weight excluding hydrogens is 402 g/mol. The van der Waals surface area contributed by atoms with E-state index in [0.717, 1.165) is 0 Å². The minimum atomic E-state index is -4.01. The van der Waals surface area contributed by atoms with Crippen molar-refractivity contribution >= 4 is 31.4 Å². The molecule has 0 radical (unpaired) electrons. The Balaban J connectivity index is 2.52. The second-order valence-electron chi connectivity index (χ2n) is 5.93. The Labute approximate surface area is 158 Å². The molecule has 0 amide bonds. The number of primary sulfonamides is 1. The largest absolute Gasteiger partial charge is 0.395 e. The molecule has 26 heavy (non-hydrogen) atoms. The van der Waals surface area contributed by atoms with Gasteiger partial charge in [-0.3, -0.25) is 4.90 Å². The number of likely N-dealkylation sites (N-methyl/N-ethyl adjacent to an activating group) is 1. The molecule has 2 heterocycles. The van der Waals surface area contributed by atoms with Gasteiger partial charge in [-0.05, 0) is 19.0 Å². The number of hydrogen-bond acceptors (Lipinski definition) is 8. The topological polar surface area (TPSA) is 130 Å². The maximum atomic E-state index is 12.9. The summed E-state index contributed by atoms with van der Waals surface area (Å²) in [5.41, 5.74) is 0.428. The van der Waals surface area contributed by atoms with Crippen LogP contribution in [-0.4, -0.2) is 77.6 Å². The van der Waals surface area contributed by atoms with Crippen LogP contribution in [0.2, 0.25) is 0 Å². The second kappa shape index (κ2) is 8.61. The van der Waals surface area contributed by atoms with E-state index >= 15 is 0 Å². The fourth-order valence-corrected chi connectivity index (χ4v) is 7.30. The summed E-state index contributed by atoms with van der Waals surface area (Å²) in [5.74, 6) is 0. The van der Waals surface area contributed by atoms with Crippen molar-refractivity contribution in [2.24, 2.45) is 5.14 Å². The zero-order chi connectivity index (χ0) is 19.5. The lowest BCUT2D eigenvalue weighted by Crippen LogP contribution is -2.46. The number of aliphatic hydroxyl groups excluding tert-OH is 1. The summed E-state index contributed by atoms with van der Waals surface area (Å²) in [6.07, 6.45) is 0.525. The number of aliphatic hydroxyl groups is 1. The SMILES string of the molecule is CCN(CCO)[C@H]1CN(CCCOC)S(=O)(=O)c2sc(S(N)(=O)=O)cc21. The van der Waals surface area contributed by atoms with Gasteiger partial charge in [-0.1, -0.05) is 6.92 Å². The lowest BCUT2D eigenvalue weighted by molar-refractivity contribution is 0.131. The van der Waals surface area contributed by atoms with Crippen LogP contribution in [0, 0.1) is 0 Å². The van der Waals surface area contributed by atoms with Crippen LogP contribution < -0.4 is 5.14 Å². The van der Waals surface area contributed by atoms with Gasteiger partial charge in [0, 0.05) is 38.9 Å². The predicted molar refractivity (Wildman–Crippen MR) is 98.0 cm³/mol. The van der Waals surface area contributed by atoms with E-state index in [1.165, 1.54) is 10.4 Å². The molecule has 3 N–H and O–H groups in total. The monoisotopic (exact) mass is 427 g/mol. The number of ether oxygens (including phenoxy) is 1. The van der Waals surface area contributed by atoms with E-state index in [2.05, 4.69) is 0 Å². The molecule has 1 aliphatic heterocycles. The average molecular weight is 428 g/mol. The Kier molecular flexibility index (Phi) is 7.18. The molecule has 0 bridgehead atoms. The van der Waals surface area contributed by atoms with Gasteiger partial charge < -0.3 is 9.84 Å². The molecule has 1 aromatic heterocycles. The first-order chi connectivity index (χ1) is 12.2. The van der Waals surface area contributed by atoms with Crippen molar-refractivity contribution in [2.45, 2.75) is 27.8 Å². The van der Waals surface area contributed by atoms with Crippen LogP contribution in [0.3, 0.4) is 0 Å². The van der Waals surface area contributed by atoms with E-state index in [1.807, 2.05) is 11.8 Å². The highest BCUT2D eigenvalue weighted by molar-refractivity contribution is 7.94. The van der Waals surface area contributed by atoms with Crippen molar-refractivity contribution in [3.8, 4) is 0 Å². The number of hydrogen-bond donors (Lipinski definition) is 2. The van der Waals surface area contributed by atoms with E-state index in [0.29, 0.717) is 43.0 Å². The summed E-state index contributed by atoms with van der Waals surface area (Å²) >= 11 is 0.679. The van der Waals surface area contributed by atoms with Crippen molar-refractivity contribution in [3.05, 3.63) is 11.6 Å². The number of nitrogens with zero attached hydrogens (tertiary/aromatic N) is 2. The van der Waals surface area contributed by atoms with Crippen LogP contribution in [0.15, 0.2) is 14.5 Å². The molecule has 1 aliphatic rings. The van der Waals surface area contributed by atoms with Gasteiger partial charge in [0.2, 0.25) is 10.0 Å². The molecule has 0 unspecified atom stereocenters. The first-order valence-corrected chi connectivity index (χ1v) is 12.0. The molecule has 0 fully saturated rings. The third-order valence-electron chi connectivity index (χ3n) is 4.28. The molecule has 0 aliphatic carbocycles. The van der Waals surface area contributed by atoms with E-state index in [1.54, 1.807) is 7.11 Å². The molecule has 9 nitrogen and oxygen atoms in total. The Hall–Kier alpha value is -0.600. The van der Waals surface area contributed by atoms with E-state index < -0.39 is 20.0 Å². The number of fused-ring (bicyclic) bond motifs is 1. The maximum Gasteiger partial charge on any atom is 0.252 e. The van der Waals surface area contributed by atoms with Crippen LogP contribution in [0.5, 0.6) is 0 Å². The van der Waals surface area contributed by atoms with Crippen molar-refractivity contribution < 1.29 is 26.7 Å². The first-order valence-electron chi connectivity index (χ1n) is 8.17. The number of thiophene rings is 1. The molecule has 0 spiro atoms. The van der Waals surface area contributed by atoms with Gasteiger partial charge in [0.05, 0.1) is 12.6 Å². The summed E-state index contributed by atoms with van der Waals surface area (Å²) in [6, 6.07) is 1.00. The summed E-state index contributed by atoms with van der Waals surface area (Å²) in [5, 5.41) is 14.5. The van der Waals surface area contributed by atoms with Gasteiger partial charge in [-0.15, -0.1) is 11.3 Å². The fourth-order valence-electron chi connectivity index (χ4n) is 3.02. The molecule has 1 aromatic rings. The molecule has 0 saturated carbocycles. The van der Waals surface area contributed by atoms with Crippen LogP contribution in [-0.2, 0) is 24.8 Å². The van der Waals surface area contributed by atoms with Crippen LogP contribution >= 0.6 is 11.3 Å². The van der Waals surface area contributed by atoms with Crippen molar-refractivity contribution in [3.63, 3.8) is 0 Å². The van der Waals surface area contributed by atoms with Gasteiger partial charge in [-0.25, -0.2) is 22.0 Å². The summed E-state index contributed by atoms with van der Waals surface area (Å²) in [7, 11) is -6.27. The van der Waals surface area contributed by atoms with Crippen molar-refractivity contribution in [1.29, 1.82) is 0 Å². The lowest BCUT2D eigenvalue weighted by Gasteiger charge is -2.38. The number of sulfonamides is 2. The van der Waals surface area contributed by atoms with Gasteiger partial charge in [0.1, 0.15) is 8.42 Å². The normalized spacial score (nSPS) is 20.4. The molecule has 150 valence electrons. The van der Waals surface area contributed by atoms with Gasteiger partial charge >= 0.3 is 0 Å². The van der Waals surface area contributed by atoms with Crippen LogP contribution in [0.1, 0.15) is 24.9 Å². The molecule has 2 rings (SSSR count). The summed E-state index contributed by atoms with van der Waals surface area (Å²) in [4.78, 5) is 1.93. The van der Waals surface area contributed by atoms with E-state index in [4.69, 9.17) is 9.88 Å². The minimum Gasteiger partial charge on any atom is -0.395 e. The molecular formula is C14H25N3O6S3. The fraction of sp³-hybridized carbons (Fsp3) is 0.714. The highest BCUT2D eigenvalue weighted by Gasteiger charge is 2.41. The number of rotatable bonds is 9. The number of methoxy groups -OCH3 is 1. The first kappa shape index (κ1) is 21.7. The van der Waals surface area contributed by atoms with Crippen molar-refractivity contribution in [2.75, 3.05) is 46.5 Å². The number of nitrogens with two attached hydrogens (primary N) is 1. The van der Waals surface area contributed by atoms with Gasteiger partial charge in [-0.2, -0.15) is 4.31 Å². The van der Waals surface area contributed by atoms with E-state index in [9.17, 15) is 21.9 Å². The zero-order valence-electron chi connectivity index (χ0n) is 14.8. The Bertz CT molecular complexity index is 821. The lowest BCUT2D eigenvalue weighted by atomic mass is 10.1. The predicted octanol–water partition coefficient (Wildman–Crippen LogP) is -0.208. The highest BCUT2D eigenvalue weighted by atomic mass is 32.3. The highest BCUT2D eigenvalue weighted by Crippen LogP contribution is 2.42. The summed E-state index contributed by atoms with van der Waals surface area (Å²) < 4.78 is 55.5. The van der Waals surface area contributed by atoms with Crippen molar-refractivity contribution in [1.82, 2.24) is 9.21 Å². The van der Waals surface area contributed by atoms with Gasteiger partial charge in [0.25, 0.3) is 10.0 Å². The molecule has 0 aromatic carbocycles. The molecule has 12 heteroatoms. The van der Waals surface area contributed by atoms with Crippen LogP contribution in [0.4, 0.5) is 0 Å². The quantitative estimate of drug-likeness (QED) is 0.522. The minimum absolute atomic E-state index is 0.00609. The second-order valence-corrected chi connectivity index (χ2v) is 10.9. The van der Waals surface area contributed by atoms with Gasteiger partial charge in [0.15, 0.2) is 0 Å². The third-order valence-corrected chi connectivity index (χ3v) is 9.25. The third kappa shape index (κ3) is 4.44. The maximum absolute atomic E-state index is 12.9. The smallest absolute Gasteiger partial charge is 0.252 e. The van der Waals surface area contributed by atoms with Crippen LogP contribution in [0.25, 0.3) is 0 Å². The Morgan fingerprint density at radius 3 is 2.73 bits per heavy atom. The Morgan fingerprint density at radius 1 is 1.50 bits per heavy atom. The zero-order valence-corrected chi connectivity index (χ0v) is 17.2. The molecule has 0 saturated heterocycles. The average Bonchev–Trinajstić information content (AvgIpc) is 3.02. The summed E-state index contributed by atoms with van der Waals surface area (Å²) in [6.45, 7) is 3.64. The standard InChI is InChI=1S/C14H25N3O6S3/c1-3-16(6-7-18)12-10-17(5-4-8-23-2)26(21,22)14-11(12)9-13(24-14)25(15,19)20/h9,12,18H,3-8,10H2,1-2H3,(H2,15,19,20)/t12-/m0/s1. The van der Waals surface area contributed by atoms with E-state index in [-0.39, 0.29) is 34.2 Å². The molecule has 1 atom stereocenters. The Morgan fingerprint density at radius 2 is 2.19 bits per heavy atom.